The van der Waals surface area contributed by atoms with Crippen molar-refractivity contribution >= 4 is 19.6 Å². The zero-order valence-corrected chi connectivity index (χ0v) is 24.4. The van der Waals surface area contributed by atoms with Gasteiger partial charge in [-0.25, -0.2) is 9.36 Å². The molecule has 0 saturated carbocycles. The van der Waals surface area contributed by atoms with Crippen molar-refractivity contribution in [3.63, 3.8) is 0 Å². The van der Waals surface area contributed by atoms with Gasteiger partial charge in [-0.15, -0.1) is 0 Å². The Bertz CT molecular complexity index is 1010. The number of nitrogens with two attached hydrogens (primary N) is 1. The predicted molar refractivity (Wildman–Crippen MR) is 145 cm³/mol. The lowest BCUT2D eigenvalue weighted by Gasteiger charge is -2.24. The Morgan fingerprint density at radius 1 is 1.07 bits per heavy atom. The van der Waals surface area contributed by atoms with Crippen LogP contribution >= 0.6 is 7.82 Å². The van der Waals surface area contributed by atoms with Gasteiger partial charge in [-0.3, -0.25) is 18.4 Å². The number of nitrogens with zero attached hydrogens (tertiary/aromatic N) is 2. The van der Waals surface area contributed by atoms with Crippen molar-refractivity contribution in [3.8, 4) is 0 Å². The first-order valence-corrected chi connectivity index (χ1v) is 15.7. The van der Waals surface area contributed by atoms with Crippen molar-refractivity contribution in [3.05, 3.63) is 22.7 Å². The topological polar surface area (TPSA) is 152 Å². The van der Waals surface area contributed by atoms with E-state index < -0.39 is 50.4 Å². The highest BCUT2D eigenvalue weighted by Gasteiger charge is 2.62. The molecule has 40 heavy (non-hydrogen) atoms. The van der Waals surface area contributed by atoms with E-state index in [9.17, 15) is 19.0 Å². The molecule has 2 rings (SSSR count). The first kappa shape index (κ1) is 34.3. The van der Waals surface area contributed by atoms with Crippen LogP contribution in [-0.4, -0.2) is 51.8 Å². The zero-order chi connectivity index (χ0) is 29.6. The molecule has 0 radical (unpaired) electrons. The number of carbonyl (C=O) groups excluding carboxylic acids is 1. The summed E-state index contributed by atoms with van der Waals surface area (Å²) in [4.78, 5) is 38.2. The van der Waals surface area contributed by atoms with Gasteiger partial charge in [-0.1, -0.05) is 78.1 Å². The fraction of sp³-hybridized carbons (Fsp3) is 0.808. The number of aromatic nitrogens is 2. The molecule has 1 fully saturated rings. The summed E-state index contributed by atoms with van der Waals surface area (Å²) in [6.07, 6.45) is 5.70. The highest BCUT2D eigenvalue weighted by Crippen LogP contribution is 2.48. The molecule has 0 amide bonds. The number of phosphoric acid groups is 1. The van der Waals surface area contributed by atoms with Gasteiger partial charge in [-0.2, -0.15) is 13.8 Å². The lowest BCUT2D eigenvalue weighted by molar-refractivity contribution is -0.176. The molecule has 0 spiro atoms. The van der Waals surface area contributed by atoms with Crippen molar-refractivity contribution in [2.75, 3.05) is 18.9 Å². The van der Waals surface area contributed by atoms with Crippen LogP contribution in [0.4, 0.5) is 14.6 Å². The van der Waals surface area contributed by atoms with Gasteiger partial charge >= 0.3 is 25.4 Å². The van der Waals surface area contributed by atoms with Crippen LogP contribution in [0.3, 0.4) is 0 Å². The van der Waals surface area contributed by atoms with Crippen LogP contribution in [0.25, 0.3) is 0 Å². The maximum Gasteiger partial charge on any atom is 0.472 e. The van der Waals surface area contributed by atoms with Crippen LogP contribution in [0.2, 0.25) is 0 Å². The molecule has 11 nitrogen and oxygen atoms in total. The van der Waals surface area contributed by atoms with Crippen molar-refractivity contribution in [2.45, 2.75) is 122 Å². The Balaban J connectivity index is 2.04. The van der Waals surface area contributed by atoms with E-state index >= 15 is 8.78 Å². The molecule has 4 atom stereocenters. The van der Waals surface area contributed by atoms with Gasteiger partial charge in [0.2, 0.25) is 6.23 Å². The van der Waals surface area contributed by atoms with E-state index in [1.54, 1.807) is 0 Å². The normalized spacial score (nSPS) is 21.8. The van der Waals surface area contributed by atoms with Crippen molar-refractivity contribution in [1.82, 2.24) is 9.55 Å². The molecule has 0 aromatic carbocycles. The fourth-order valence-electron chi connectivity index (χ4n) is 4.37. The number of esters is 1. The summed E-state index contributed by atoms with van der Waals surface area (Å²) >= 11 is 0. The monoisotopic (exact) mass is 595 g/mol. The molecular weight excluding hydrogens is 551 g/mol. The molecule has 230 valence electrons. The number of hydrogen-bond donors (Lipinski definition) is 2. The summed E-state index contributed by atoms with van der Waals surface area (Å²) < 4.78 is 64.4. The van der Waals surface area contributed by atoms with E-state index in [1.165, 1.54) is 0 Å². The molecule has 0 aliphatic carbocycles. The second-order valence-corrected chi connectivity index (χ2v) is 11.5. The maximum atomic E-state index is 15.5. The van der Waals surface area contributed by atoms with Gasteiger partial charge in [0.15, 0.2) is 6.10 Å². The van der Waals surface area contributed by atoms with Crippen molar-refractivity contribution < 1.29 is 41.6 Å². The molecule has 14 heteroatoms. The first-order chi connectivity index (χ1) is 19.0. The second kappa shape index (κ2) is 17.1. The number of ether oxygens (including phenoxy) is 2. The van der Waals surface area contributed by atoms with Crippen LogP contribution in [0.15, 0.2) is 17.1 Å². The fourth-order valence-corrected chi connectivity index (χ4v) is 5.14. The number of halogens is 2. The minimum Gasteiger partial charge on any atom is -0.453 e. The highest BCUT2D eigenvalue weighted by atomic mass is 31.2. The number of carbonyl (C=O) groups is 1. The number of unbranched alkanes of at least 4 members (excludes halogenated alkanes) is 10. The lowest BCUT2D eigenvalue weighted by Crippen LogP contribution is -2.44. The summed E-state index contributed by atoms with van der Waals surface area (Å²) in [5.74, 6) is -4.94. The molecular formula is C26H44F2N3O8P. The molecule has 2 heterocycles. The van der Waals surface area contributed by atoms with E-state index in [2.05, 4.69) is 18.8 Å². The van der Waals surface area contributed by atoms with E-state index in [1.807, 2.05) is 0 Å². The second-order valence-electron chi connectivity index (χ2n) is 10.0. The standard InChI is InChI=1S/C26H44F2N3O8P/c1-3-5-7-9-11-13-15-22(32)39-23-20(19-37-40(34,35)36-18-14-12-10-8-6-4-2)38-24(26(23,27)28)31-17-16-21(29)30-25(31)33/h16-17,20,23-24H,3-15,18-19H2,1-2H3,(H,34,35)(H2,29,30,33)/t20-,23-,24-/m1/s1. The molecule has 1 unspecified atom stereocenters. The lowest BCUT2D eigenvalue weighted by atomic mass is 10.1. The van der Waals surface area contributed by atoms with Crippen LogP contribution in [0, 0.1) is 0 Å². The van der Waals surface area contributed by atoms with E-state index in [0.29, 0.717) is 17.4 Å². The molecule has 3 N–H and O–H groups in total. The number of rotatable bonds is 20. The van der Waals surface area contributed by atoms with E-state index in [0.717, 1.165) is 76.5 Å². The van der Waals surface area contributed by atoms with Crippen molar-refractivity contribution in [2.24, 2.45) is 0 Å². The van der Waals surface area contributed by atoms with Crippen LogP contribution < -0.4 is 11.4 Å². The summed E-state index contributed by atoms with van der Waals surface area (Å²) in [5.41, 5.74) is 4.36. The van der Waals surface area contributed by atoms with Gasteiger partial charge in [-0.05, 0) is 18.9 Å². The molecule has 1 aliphatic rings. The molecule has 1 aromatic rings. The molecule has 1 aliphatic heterocycles. The summed E-state index contributed by atoms with van der Waals surface area (Å²) in [6, 6.07) is 1.14. The quantitative estimate of drug-likeness (QED) is 0.112. The predicted octanol–water partition coefficient (Wildman–Crippen LogP) is 5.51. The third-order valence-corrected chi connectivity index (χ3v) is 7.59. The number of anilines is 1. The maximum absolute atomic E-state index is 15.5. The van der Waals surface area contributed by atoms with Gasteiger partial charge in [0.1, 0.15) is 11.9 Å². The smallest absolute Gasteiger partial charge is 0.453 e. The Labute approximate surface area is 234 Å². The highest BCUT2D eigenvalue weighted by molar-refractivity contribution is 7.47. The SMILES string of the molecule is CCCCCCCCOP(=O)(O)OC[C@H]1O[C@@H](n2ccc(N)nc2=O)C(F)(F)[C@@H]1OC(=O)CCCCCCCC. The Hall–Kier alpha value is -1.92. The van der Waals surface area contributed by atoms with Gasteiger partial charge in [0.05, 0.1) is 13.2 Å². The van der Waals surface area contributed by atoms with Crippen LogP contribution in [0.1, 0.15) is 104 Å². The average molecular weight is 596 g/mol. The largest absolute Gasteiger partial charge is 0.472 e. The molecule has 1 saturated heterocycles. The number of nitrogen functional groups attached to an aromatic ring is 1. The minimum atomic E-state index is -4.61. The first-order valence-electron chi connectivity index (χ1n) is 14.2. The van der Waals surface area contributed by atoms with Crippen LogP contribution in [0.5, 0.6) is 0 Å². The third kappa shape index (κ3) is 11.2. The Morgan fingerprint density at radius 3 is 2.30 bits per heavy atom. The van der Waals surface area contributed by atoms with Crippen LogP contribution in [-0.2, 0) is 27.9 Å². The third-order valence-electron chi connectivity index (χ3n) is 6.60. The molecule has 0 bridgehead atoms. The van der Waals surface area contributed by atoms with Gasteiger partial charge < -0.3 is 20.1 Å². The summed E-state index contributed by atoms with van der Waals surface area (Å²) in [5, 5.41) is 0. The Morgan fingerprint density at radius 2 is 1.68 bits per heavy atom. The van der Waals surface area contributed by atoms with Crippen molar-refractivity contribution in [1.29, 1.82) is 0 Å². The van der Waals surface area contributed by atoms with Gasteiger partial charge in [0, 0.05) is 12.6 Å². The zero-order valence-electron chi connectivity index (χ0n) is 23.5. The van der Waals surface area contributed by atoms with E-state index in [-0.39, 0.29) is 18.8 Å². The summed E-state index contributed by atoms with van der Waals surface area (Å²) in [6.45, 7) is 3.29. The Kier molecular flexibility index (Phi) is 14.7. The number of hydrogen-bond acceptors (Lipinski definition) is 9. The minimum absolute atomic E-state index is 0.0482. The average Bonchev–Trinajstić information content (AvgIpc) is 3.13. The van der Waals surface area contributed by atoms with Gasteiger partial charge in [0.25, 0.3) is 0 Å². The van der Waals surface area contributed by atoms with E-state index in [4.69, 9.17) is 24.3 Å². The molecule has 1 aromatic heterocycles. The number of alkyl halides is 2. The summed E-state index contributed by atoms with van der Waals surface area (Å²) in [7, 11) is -4.61. The number of phosphoric ester groups is 1.